The van der Waals surface area contributed by atoms with Gasteiger partial charge in [0.25, 0.3) is 0 Å². The van der Waals surface area contributed by atoms with Crippen LogP contribution < -0.4 is 0 Å². The van der Waals surface area contributed by atoms with E-state index in [-0.39, 0.29) is 0 Å². The Hall–Kier alpha value is -1.70. The molecule has 0 saturated carbocycles. The molecule has 17 heavy (non-hydrogen) atoms. The molecule has 3 rings (SSSR count). The van der Waals surface area contributed by atoms with Crippen molar-refractivity contribution in [3.05, 3.63) is 46.0 Å². The first kappa shape index (κ1) is 10.5. The van der Waals surface area contributed by atoms with Gasteiger partial charge in [-0.2, -0.15) is 0 Å². The van der Waals surface area contributed by atoms with Crippen LogP contribution in [0.5, 0.6) is 0 Å². The zero-order valence-electron chi connectivity index (χ0n) is 10.8. The van der Waals surface area contributed by atoms with Gasteiger partial charge in [-0.15, -0.1) is 0 Å². The molecule has 0 saturated heterocycles. The molecule has 0 bridgehead atoms. The molecule has 0 radical (unpaired) electrons. The topological polar surface area (TPSA) is 25.8 Å². The number of hydrogen-bond donors (Lipinski definition) is 0. The Morgan fingerprint density at radius 1 is 0.941 bits per heavy atom. The summed E-state index contributed by atoms with van der Waals surface area (Å²) in [5.41, 5.74) is 10.8. The molecular weight excluding hydrogens is 208 g/mol. The maximum atomic E-state index is 4.40. The standard InChI is InChI=1S/C15H16N2/c1-8-9(2)11(4)15-12(10(8)3)5-14-13(15)6-16-7-17-14/h6-7H,5H2,1-4H3. The van der Waals surface area contributed by atoms with Gasteiger partial charge >= 0.3 is 0 Å². The van der Waals surface area contributed by atoms with Crippen molar-refractivity contribution < 1.29 is 0 Å². The summed E-state index contributed by atoms with van der Waals surface area (Å²) in [6.07, 6.45) is 4.56. The molecule has 1 aromatic heterocycles. The maximum absolute atomic E-state index is 4.40. The van der Waals surface area contributed by atoms with E-state index < -0.39 is 0 Å². The van der Waals surface area contributed by atoms with Crippen molar-refractivity contribution in [2.24, 2.45) is 0 Å². The Kier molecular flexibility index (Phi) is 2.09. The molecule has 86 valence electrons. The van der Waals surface area contributed by atoms with E-state index >= 15 is 0 Å². The molecule has 1 heterocycles. The van der Waals surface area contributed by atoms with E-state index in [0.29, 0.717) is 0 Å². The van der Waals surface area contributed by atoms with Crippen LogP contribution in [-0.2, 0) is 6.42 Å². The van der Waals surface area contributed by atoms with E-state index in [0.717, 1.165) is 6.42 Å². The van der Waals surface area contributed by atoms with Gasteiger partial charge in [0.1, 0.15) is 6.33 Å². The third kappa shape index (κ3) is 1.27. The van der Waals surface area contributed by atoms with Crippen molar-refractivity contribution in [3.8, 4) is 11.1 Å². The third-order valence-electron chi connectivity index (χ3n) is 4.23. The minimum Gasteiger partial charge on any atom is -0.244 e. The summed E-state index contributed by atoms with van der Waals surface area (Å²) in [5, 5.41) is 0. The molecule has 2 aromatic rings. The smallest absolute Gasteiger partial charge is 0.115 e. The molecule has 0 spiro atoms. The number of nitrogens with zero attached hydrogens (tertiary/aromatic N) is 2. The number of rotatable bonds is 0. The molecule has 2 heteroatoms. The van der Waals surface area contributed by atoms with Crippen molar-refractivity contribution >= 4 is 0 Å². The Labute approximate surface area is 102 Å². The molecule has 0 amide bonds. The van der Waals surface area contributed by atoms with E-state index in [2.05, 4.69) is 37.7 Å². The lowest BCUT2D eigenvalue weighted by Crippen LogP contribution is -1.98. The predicted octanol–water partition coefficient (Wildman–Crippen LogP) is 3.28. The SMILES string of the molecule is Cc1c(C)c(C)c2c(c1C)Cc1ncncc1-2. The van der Waals surface area contributed by atoms with Gasteiger partial charge in [0.2, 0.25) is 0 Å². The summed E-state index contributed by atoms with van der Waals surface area (Å²) in [6, 6.07) is 0. The van der Waals surface area contributed by atoms with Crippen molar-refractivity contribution in [2.75, 3.05) is 0 Å². The molecule has 0 aliphatic heterocycles. The fraction of sp³-hybridized carbons (Fsp3) is 0.333. The van der Waals surface area contributed by atoms with E-state index in [9.17, 15) is 0 Å². The van der Waals surface area contributed by atoms with Crippen molar-refractivity contribution in [1.29, 1.82) is 0 Å². The highest BCUT2D eigenvalue weighted by molar-refractivity contribution is 5.80. The summed E-state index contributed by atoms with van der Waals surface area (Å²) in [6.45, 7) is 8.86. The molecule has 1 aromatic carbocycles. The lowest BCUT2D eigenvalue weighted by Gasteiger charge is -2.15. The van der Waals surface area contributed by atoms with Gasteiger partial charge in [0.05, 0.1) is 5.69 Å². The first-order valence-corrected chi connectivity index (χ1v) is 5.99. The van der Waals surface area contributed by atoms with Gasteiger partial charge in [-0.1, -0.05) is 0 Å². The van der Waals surface area contributed by atoms with Gasteiger partial charge < -0.3 is 0 Å². The second-order valence-electron chi connectivity index (χ2n) is 4.91. The predicted molar refractivity (Wildman–Crippen MR) is 69.2 cm³/mol. The Bertz CT molecular complexity index is 627. The van der Waals surface area contributed by atoms with Crippen LogP contribution in [0.3, 0.4) is 0 Å². The summed E-state index contributed by atoms with van der Waals surface area (Å²) < 4.78 is 0. The fourth-order valence-electron chi connectivity index (χ4n) is 2.85. The lowest BCUT2D eigenvalue weighted by atomic mass is 9.89. The highest BCUT2D eigenvalue weighted by atomic mass is 14.8. The third-order valence-corrected chi connectivity index (χ3v) is 4.23. The van der Waals surface area contributed by atoms with E-state index in [1.807, 2.05) is 6.20 Å². The second-order valence-corrected chi connectivity index (χ2v) is 4.91. The molecule has 2 nitrogen and oxygen atoms in total. The molecule has 1 aliphatic carbocycles. The van der Waals surface area contributed by atoms with E-state index in [4.69, 9.17) is 0 Å². The summed E-state index contributed by atoms with van der Waals surface area (Å²) in [4.78, 5) is 8.57. The van der Waals surface area contributed by atoms with Gasteiger partial charge in [-0.3, -0.25) is 0 Å². The van der Waals surface area contributed by atoms with Crippen molar-refractivity contribution in [2.45, 2.75) is 34.1 Å². The van der Waals surface area contributed by atoms with Crippen molar-refractivity contribution in [3.63, 3.8) is 0 Å². The first-order chi connectivity index (χ1) is 8.11. The molecule has 0 unspecified atom stereocenters. The van der Waals surface area contributed by atoms with E-state index in [1.54, 1.807) is 6.33 Å². The normalized spacial score (nSPS) is 12.5. The zero-order valence-corrected chi connectivity index (χ0v) is 10.8. The van der Waals surface area contributed by atoms with Crippen LogP contribution >= 0.6 is 0 Å². The van der Waals surface area contributed by atoms with Gasteiger partial charge in [0, 0.05) is 18.2 Å². The summed E-state index contributed by atoms with van der Waals surface area (Å²) >= 11 is 0. The van der Waals surface area contributed by atoms with Gasteiger partial charge in [-0.25, -0.2) is 9.97 Å². The molecular formula is C15H16N2. The van der Waals surface area contributed by atoms with Crippen LogP contribution in [0.15, 0.2) is 12.5 Å². The number of fused-ring (bicyclic) bond motifs is 3. The minimum absolute atomic E-state index is 0.959. The number of benzene rings is 1. The molecule has 0 fully saturated rings. The van der Waals surface area contributed by atoms with Crippen LogP contribution in [0.4, 0.5) is 0 Å². The average Bonchev–Trinajstić information content (AvgIpc) is 2.73. The first-order valence-electron chi connectivity index (χ1n) is 5.99. The Balaban J connectivity index is 2.41. The lowest BCUT2D eigenvalue weighted by molar-refractivity contribution is 1.05. The fourth-order valence-corrected chi connectivity index (χ4v) is 2.85. The quantitative estimate of drug-likeness (QED) is 0.585. The van der Waals surface area contributed by atoms with Crippen LogP contribution in [0, 0.1) is 27.7 Å². The molecule has 0 N–H and O–H groups in total. The van der Waals surface area contributed by atoms with Crippen LogP contribution in [-0.4, -0.2) is 9.97 Å². The number of aromatic nitrogens is 2. The van der Waals surface area contributed by atoms with Gasteiger partial charge in [-0.05, 0) is 61.1 Å². The highest BCUT2D eigenvalue weighted by Crippen LogP contribution is 2.41. The molecule has 1 aliphatic rings. The highest BCUT2D eigenvalue weighted by Gasteiger charge is 2.25. The van der Waals surface area contributed by atoms with Gasteiger partial charge in [0.15, 0.2) is 0 Å². The monoisotopic (exact) mass is 224 g/mol. The second kappa shape index (κ2) is 3.39. The van der Waals surface area contributed by atoms with Crippen LogP contribution in [0.2, 0.25) is 0 Å². The summed E-state index contributed by atoms with van der Waals surface area (Å²) in [5.74, 6) is 0. The largest absolute Gasteiger partial charge is 0.244 e. The Morgan fingerprint density at radius 3 is 2.41 bits per heavy atom. The van der Waals surface area contributed by atoms with Crippen molar-refractivity contribution in [1.82, 2.24) is 9.97 Å². The van der Waals surface area contributed by atoms with Crippen LogP contribution in [0.1, 0.15) is 33.5 Å². The minimum atomic E-state index is 0.959. The summed E-state index contributed by atoms with van der Waals surface area (Å²) in [7, 11) is 0. The zero-order chi connectivity index (χ0) is 12.2. The average molecular weight is 224 g/mol. The maximum Gasteiger partial charge on any atom is 0.115 e. The Morgan fingerprint density at radius 2 is 1.65 bits per heavy atom. The molecule has 0 atom stereocenters. The van der Waals surface area contributed by atoms with E-state index in [1.165, 1.54) is 44.6 Å². The van der Waals surface area contributed by atoms with Crippen LogP contribution in [0.25, 0.3) is 11.1 Å². The number of hydrogen-bond acceptors (Lipinski definition) is 2.